The molecule has 1 N–H and O–H groups in total. The highest BCUT2D eigenvalue weighted by molar-refractivity contribution is 5.89. The van der Waals surface area contributed by atoms with Gasteiger partial charge in [0.2, 0.25) is 5.91 Å². The highest BCUT2D eigenvalue weighted by Crippen LogP contribution is 2.37. The number of fused-ring (bicyclic) bond motifs is 1. The first-order chi connectivity index (χ1) is 13.6. The van der Waals surface area contributed by atoms with E-state index in [0.29, 0.717) is 11.6 Å². The van der Waals surface area contributed by atoms with Gasteiger partial charge in [-0.3, -0.25) is 9.78 Å². The molecule has 152 valence electrons. The summed E-state index contributed by atoms with van der Waals surface area (Å²) in [6.45, 7) is -0.544. The predicted octanol–water partition coefficient (Wildman–Crippen LogP) is 5.13. The zero-order chi connectivity index (χ0) is 21.2. The molecule has 0 bridgehead atoms. The molecule has 1 aromatic heterocycles. The van der Waals surface area contributed by atoms with Gasteiger partial charge in [0.05, 0.1) is 17.5 Å². The normalized spacial score (nSPS) is 12.2. The van der Waals surface area contributed by atoms with E-state index in [1.165, 1.54) is 0 Å². The molecule has 0 saturated carbocycles. The number of hydrogen-bond donors (Lipinski definition) is 1. The van der Waals surface area contributed by atoms with Gasteiger partial charge in [0, 0.05) is 24.3 Å². The third kappa shape index (κ3) is 4.85. The average Bonchev–Trinajstić information content (AvgIpc) is 2.65. The zero-order valence-electron chi connectivity index (χ0n) is 14.7. The third-order valence-electron chi connectivity index (χ3n) is 4.34. The van der Waals surface area contributed by atoms with E-state index in [4.69, 9.17) is 0 Å². The highest BCUT2D eigenvalue weighted by atomic mass is 19.4. The predicted molar refractivity (Wildman–Crippen MR) is 93.7 cm³/mol. The summed E-state index contributed by atoms with van der Waals surface area (Å²) in [5, 5.41) is 3.93. The van der Waals surface area contributed by atoms with E-state index in [9.17, 15) is 31.1 Å². The van der Waals surface area contributed by atoms with Crippen molar-refractivity contribution in [3.8, 4) is 0 Å². The first kappa shape index (κ1) is 20.6. The first-order valence-electron chi connectivity index (χ1n) is 8.41. The van der Waals surface area contributed by atoms with Gasteiger partial charge in [-0.2, -0.15) is 26.3 Å². The summed E-state index contributed by atoms with van der Waals surface area (Å²) in [6.07, 6.45) is -6.80. The van der Waals surface area contributed by atoms with Crippen molar-refractivity contribution >= 4 is 16.7 Å². The highest BCUT2D eigenvalue weighted by Gasteiger charge is 2.38. The number of nitrogens with one attached hydrogen (secondary N) is 1. The molecular formula is C20H14F6N2O. The summed E-state index contributed by atoms with van der Waals surface area (Å²) >= 11 is 0. The van der Waals surface area contributed by atoms with Crippen LogP contribution < -0.4 is 5.32 Å². The van der Waals surface area contributed by atoms with E-state index in [-0.39, 0.29) is 12.5 Å². The molecule has 0 aliphatic heterocycles. The minimum absolute atomic E-state index is 0.0548. The standard InChI is InChI=1S/C20H14F6N2O/c21-19(22,23)15-5-4-14(17(9-15)20(24,25)26)11-28-18(29)8-12-2-1-3-13-10-27-7-6-16(12)13/h1-7,9-10H,8,11H2,(H,28,29). The first-order valence-corrected chi connectivity index (χ1v) is 8.41. The quantitative estimate of drug-likeness (QED) is 0.604. The van der Waals surface area contributed by atoms with Crippen LogP contribution in [0.15, 0.2) is 54.9 Å². The lowest BCUT2D eigenvalue weighted by Crippen LogP contribution is -2.26. The second-order valence-electron chi connectivity index (χ2n) is 6.33. The molecule has 0 aliphatic carbocycles. The lowest BCUT2D eigenvalue weighted by atomic mass is 10.0. The Bertz CT molecular complexity index is 1040. The number of carbonyl (C=O) groups excluding carboxylic acids is 1. The fourth-order valence-electron chi connectivity index (χ4n) is 2.94. The summed E-state index contributed by atoms with van der Waals surface area (Å²) in [4.78, 5) is 16.2. The fourth-order valence-corrected chi connectivity index (χ4v) is 2.94. The Morgan fingerprint density at radius 3 is 2.38 bits per heavy atom. The molecular weight excluding hydrogens is 398 g/mol. The minimum atomic E-state index is -4.98. The number of halogens is 6. The lowest BCUT2D eigenvalue weighted by Gasteiger charge is -2.16. The Morgan fingerprint density at radius 2 is 1.69 bits per heavy atom. The van der Waals surface area contributed by atoms with Crippen LogP contribution in [0.5, 0.6) is 0 Å². The molecule has 0 unspecified atom stereocenters. The van der Waals surface area contributed by atoms with Crippen LogP contribution in [0.25, 0.3) is 10.8 Å². The molecule has 2 aromatic carbocycles. The summed E-state index contributed by atoms with van der Waals surface area (Å²) < 4.78 is 77.7. The molecule has 1 amide bonds. The van der Waals surface area contributed by atoms with Crippen LogP contribution >= 0.6 is 0 Å². The number of nitrogens with zero attached hydrogens (tertiary/aromatic N) is 1. The van der Waals surface area contributed by atoms with Gasteiger partial charge in [0.25, 0.3) is 0 Å². The fraction of sp³-hybridized carbons (Fsp3) is 0.200. The SMILES string of the molecule is O=C(Cc1cccc2cnccc12)NCc1ccc(C(F)(F)F)cc1C(F)(F)F. The monoisotopic (exact) mass is 412 g/mol. The van der Waals surface area contributed by atoms with Gasteiger partial charge in [-0.15, -0.1) is 0 Å². The Kier molecular flexibility index (Phi) is 5.50. The van der Waals surface area contributed by atoms with Crippen LogP contribution in [0, 0.1) is 0 Å². The Morgan fingerprint density at radius 1 is 0.931 bits per heavy atom. The molecule has 0 spiro atoms. The zero-order valence-corrected chi connectivity index (χ0v) is 14.7. The van der Waals surface area contributed by atoms with Gasteiger partial charge < -0.3 is 5.32 Å². The number of aromatic nitrogens is 1. The summed E-state index contributed by atoms with van der Waals surface area (Å²) in [6, 6.07) is 8.31. The van der Waals surface area contributed by atoms with Gasteiger partial charge in [-0.05, 0) is 34.7 Å². The second kappa shape index (κ2) is 7.73. The van der Waals surface area contributed by atoms with Crippen molar-refractivity contribution in [2.45, 2.75) is 25.3 Å². The van der Waals surface area contributed by atoms with Gasteiger partial charge in [0.15, 0.2) is 0 Å². The number of pyridine rings is 1. The number of carbonyl (C=O) groups is 1. The summed E-state index contributed by atoms with van der Waals surface area (Å²) in [7, 11) is 0. The van der Waals surface area contributed by atoms with Crippen molar-refractivity contribution in [3.05, 3.63) is 77.1 Å². The topological polar surface area (TPSA) is 42.0 Å². The van der Waals surface area contributed by atoms with E-state index in [1.807, 2.05) is 6.07 Å². The largest absolute Gasteiger partial charge is 0.416 e. The van der Waals surface area contributed by atoms with Crippen molar-refractivity contribution in [2.24, 2.45) is 0 Å². The molecule has 0 aliphatic rings. The molecule has 0 saturated heterocycles. The van der Waals surface area contributed by atoms with Crippen LogP contribution in [0.3, 0.4) is 0 Å². The van der Waals surface area contributed by atoms with Gasteiger partial charge in [0.1, 0.15) is 0 Å². The van der Waals surface area contributed by atoms with Crippen molar-refractivity contribution in [1.82, 2.24) is 10.3 Å². The molecule has 29 heavy (non-hydrogen) atoms. The Balaban J connectivity index is 1.77. The summed E-state index contributed by atoms with van der Waals surface area (Å²) in [5.74, 6) is -0.553. The maximum Gasteiger partial charge on any atom is 0.416 e. The number of hydrogen-bond acceptors (Lipinski definition) is 2. The molecule has 3 aromatic rings. The number of amides is 1. The van der Waals surface area contributed by atoms with Crippen LogP contribution in [-0.4, -0.2) is 10.9 Å². The van der Waals surface area contributed by atoms with E-state index >= 15 is 0 Å². The molecule has 0 fully saturated rings. The van der Waals surface area contributed by atoms with Gasteiger partial charge in [-0.25, -0.2) is 0 Å². The maximum absolute atomic E-state index is 13.2. The van der Waals surface area contributed by atoms with Crippen LogP contribution in [0.4, 0.5) is 26.3 Å². The number of benzene rings is 2. The Hall–Kier alpha value is -3.10. The van der Waals surface area contributed by atoms with Gasteiger partial charge >= 0.3 is 12.4 Å². The average molecular weight is 412 g/mol. The smallest absolute Gasteiger partial charge is 0.352 e. The Labute approximate surface area is 161 Å². The van der Waals surface area contributed by atoms with Crippen molar-refractivity contribution in [1.29, 1.82) is 0 Å². The molecule has 0 atom stereocenters. The summed E-state index contributed by atoms with van der Waals surface area (Å²) in [5.41, 5.74) is -2.61. The van der Waals surface area contributed by atoms with Crippen molar-refractivity contribution < 1.29 is 31.1 Å². The maximum atomic E-state index is 13.2. The minimum Gasteiger partial charge on any atom is -0.352 e. The number of alkyl halides is 6. The lowest BCUT2D eigenvalue weighted by molar-refractivity contribution is -0.143. The van der Waals surface area contributed by atoms with Crippen LogP contribution in [-0.2, 0) is 30.1 Å². The van der Waals surface area contributed by atoms with Crippen molar-refractivity contribution in [2.75, 3.05) is 0 Å². The van der Waals surface area contributed by atoms with Gasteiger partial charge in [-0.1, -0.05) is 24.3 Å². The second-order valence-corrected chi connectivity index (χ2v) is 6.33. The molecule has 3 nitrogen and oxygen atoms in total. The van der Waals surface area contributed by atoms with E-state index in [1.54, 1.807) is 30.6 Å². The number of rotatable bonds is 4. The van der Waals surface area contributed by atoms with E-state index in [2.05, 4.69) is 10.3 Å². The van der Waals surface area contributed by atoms with Crippen LogP contribution in [0.1, 0.15) is 22.3 Å². The molecule has 3 rings (SSSR count). The molecule has 1 heterocycles. The third-order valence-corrected chi connectivity index (χ3v) is 4.34. The molecule has 9 heteroatoms. The molecule has 0 radical (unpaired) electrons. The van der Waals surface area contributed by atoms with E-state index in [0.717, 1.165) is 16.8 Å². The van der Waals surface area contributed by atoms with Crippen LogP contribution in [0.2, 0.25) is 0 Å². The van der Waals surface area contributed by atoms with Crippen molar-refractivity contribution in [3.63, 3.8) is 0 Å². The van der Waals surface area contributed by atoms with E-state index < -0.39 is 41.5 Å².